The average molecular weight is 500 g/mol. The summed E-state index contributed by atoms with van der Waals surface area (Å²) in [4.78, 5) is 25.5. The number of thiophene rings is 1. The summed E-state index contributed by atoms with van der Waals surface area (Å²) in [6.45, 7) is 0.278. The Kier molecular flexibility index (Phi) is 6.93. The molecule has 33 heavy (non-hydrogen) atoms. The molecule has 2 heterocycles. The van der Waals surface area contributed by atoms with Crippen molar-refractivity contribution in [2.45, 2.75) is 6.54 Å². The van der Waals surface area contributed by atoms with Crippen LogP contribution in [0, 0.1) is 0 Å². The van der Waals surface area contributed by atoms with Crippen molar-refractivity contribution in [2.75, 3.05) is 12.4 Å². The van der Waals surface area contributed by atoms with Gasteiger partial charge in [0, 0.05) is 21.3 Å². The molecule has 0 aliphatic carbocycles. The minimum Gasteiger partial charge on any atom is -0.497 e. The van der Waals surface area contributed by atoms with E-state index in [1.165, 1.54) is 11.3 Å². The molecular weight excluding hydrogens is 482 g/mol. The van der Waals surface area contributed by atoms with Crippen LogP contribution in [-0.4, -0.2) is 24.0 Å². The third kappa shape index (κ3) is 5.33. The van der Waals surface area contributed by atoms with Crippen LogP contribution in [0.5, 0.6) is 5.75 Å². The van der Waals surface area contributed by atoms with E-state index in [-0.39, 0.29) is 17.6 Å². The number of nitrogens with one attached hydrogen (secondary N) is 3. The molecule has 0 atom stereocenters. The van der Waals surface area contributed by atoms with Crippen LogP contribution < -0.4 is 20.7 Å². The highest BCUT2D eigenvalue weighted by Gasteiger charge is 2.19. The third-order valence-electron chi connectivity index (χ3n) is 4.66. The molecule has 0 bridgehead atoms. The summed E-state index contributed by atoms with van der Waals surface area (Å²) >= 11 is 12.9. The van der Waals surface area contributed by atoms with E-state index in [0.717, 1.165) is 10.1 Å². The number of amides is 2. The Morgan fingerprint density at radius 2 is 1.97 bits per heavy atom. The Labute approximate surface area is 203 Å². The largest absolute Gasteiger partial charge is 0.497 e. The molecule has 0 aliphatic rings. The molecule has 0 saturated heterocycles. The fourth-order valence-electron chi connectivity index (χ4n) is 3.06. The molecule has 0 aliphatic heterocycles. The maximum absolute atomic E-state index is 12.7. The van der Waals surface area contributed by atoms with Gasteiger partial charge in [-0.25, -0.2) is 0 Å². The number of halogens is 1. The number of fused-ring (bicyclic) bond motifs is 1. The molecule has 168 valence electrons. The van der Waals surface area contributed by atoms with Gasteiger partial charge in [0.1, 0.15) is 16.4 Å². The van der Waals surface area contributed by atoms with Crippen LogP contribution in [0.3, 0.4) is 0 Å². The van der Waals surface area contributed by atoms with Crippen molar-refractivity contribution in [3.63, 3.8) is 0 Å². The lowest BCUT2D eigenvalue weighted by Gasteiger charge is -2.10. The zero-order chi connectivity index (χ0) is 23.4. The normalized spacial score (nSPS) is 10.6. The molecule has 2 aromatic heterocycles. The summed E-state index contributed by atoms with van der Waals surface area (Å²) in [5, 5.41) is 9.53. The number of thiocarbonyl (C=S) groups is 1. The second-order valence-electron chi connectivity index (χ2n) is 6.86. The zero-order valence-corrected chi connectivity index (χ0v) is 19.7. The highest BCUT2D eigenvalue weighted by Crippen LogP contribution is 2.37. The number of furan rings is 1. The van der Waals surface area contributed by atoms with Crippen molar-refractivity contribution in [3.8, 4) is 5.75 Å². The number of hydrogen-bond acceptors (Lipinski definition) is 6. The molecular formula is C23H18ClN3O4S2. The lowest BCUT2D eigenvalue weighted by molar-refractivity contribution is 0.0946. The molecule has 0 radical (unpaired) electrons. The highest BCUT2D eigenvalue weighted by molar-refractivity contribution is 7.80. The monoisotopic (exact) mass is 499 g/mol. The Hall–Kier alpha value is -3.40. The molecule has 0 fully saturated rings. The van der Waals surface area contributed by atoms with Crippen molar-refractivity contribution in [1.29, 1.82) is 0 Å². The van der Waals surface area contributed by atoms with Gasteiger partial charge in [0.25, 0.3) is 11.8 Å². The predicted octanol–water partition coefficient (Wildman–Crippen LogP) is 5.21. The molecule has 7 nitrogen and oxygen atoms in total. The first kappa shape index (κ1) is 22.8. The number of methoxy groups -OCH3 is 1. The van der Waals surface area contributed by atoms with Gasteiger partial charge in [-0.15, -0.1) is 11.3 Å². The fourth-order valence-corrected chi connectivity index (χ4v) is 4.71. The molecule has 0 unspecified atom stereocenters. The number of carbonyl (C=O) groups excluding carboxylic acids is 2. The van der Waals surface area contributed by atoms with Gasteiger partial charge in [0.15, 0.2) is 5.11 Å². The van der Waals surface area contributed by atoms with Gasteiger partial charge in [0.05, 0.1) is 24.9 Å². The average Bonchev–Trinajstić information content (AvgIpc) is 3.45. The first-order chi connectivity index (χ1) is 15.9. The number of hydrogen-bond donors (Lipinski definition) is 3. The standard InChI is InChI=1S/C23H18ClN3O4S2/c1-30-15-7-8-17-18(11-15)33-20(19(17)24)22(29)27-23(32)26-14-5-2-4-13(10-14)21(28)25-12-16-6-3-9-31-16/h2-11H,12H2,1H3,(H,25,28)(H2,26,27,29,32). The Morgan fingerprint density at radius 3 is 2.73 bits per heavy atom. The molecule has 4 rings (SSSR count). The van der Waals surface area contributed by atoms with E-state index in [2.05, 4.69) is 16.0 Å². The molecule has 10 heteroatoms. The summed E-state index contributed by atoms with van der Waals surface area (Å²) in [5.74, 6) is 0.639. The maximum atomic E-state index is 12.7. The van der Waals surface area contributed by atoms with Gasteiger partial charge in [0.2, 0.25) is 0 Å². The van der Waals surface area contributed by atoms with Gasteiger partial charge in [-0.2, -0.15) is 0 Å². The number of rotatable bonds is 6. The minimum atomic E-state index is -0.426. The number of carbonyl (C=O) groups is 2. The van der Waals surface area contributed by atoms with E-state index < -0.39 is 5.91 Å². The van der Waals surface area contributed by atoms with Gasteiger partial charge >= 0.3 is 0 Å². The van der Waals surface area contributed by atoms with E-state index in [0.29, 0.717) is 32.7 Å². The van der Waals surface area contributed by atoms with E-state index in [9.17, 15) is 9.59 Å². The lowest BCUT2D eigenvalue weighted by Crippen LogP contribution is -2.33. The molecule has 0 spiro atoms. The molecule has 2 aromatic carbocycles. The van der Waals surface area contributed by atoms with E-state index in [4.69, 9.17) is 33.0 Å². The van der Waals surface area contributed by atoms with Gasteiger partial charge in [-0.1, -0.05) is 17.7 Å². The zero-order valence-electron chi connectivity index (χ0n) is 17.3. The van der Waals surface area contributed by atoms with Crippen LogP contribution in [0.4, 0.5) is 5.69 Å². The summed E-state index contributed by atoms with van der Waals surface area (Å²) in [5.41, 5.74) is 0.986. The molecule has 4 aromatic rings. The Balaban J connectivity index is 1.40. The topological polar surface area (TPSA) is 92.6 Å². The number of anilines is 1. The van der Waals surface area contributed by atoms with Crippen LogP contribution in [-0.2, 0) is 6.54 Å². The molecule has 3 N–H and O–H groups in total. The number of benzene rings is 2. The first-order valence-electron chi connectivity index (χ1n) is 9.73. The van der Waals surface area contributed by atoms with Crippen molar-refractivity contribution in [2.24, 2.45) is 0 Å². The van der Waals surface area contributed by atoms with E-state index >= 15 is 0 Å². The summed E-state index contributed by atoms with van der Waals surface area (Å²) in [6.07, 6.45) is 1.55. The summed E-state index contributed by atoms with van der Waals surface area (Å²) < 4.78 is 11.3. The van der Waals surface area contributed by atoms with E-state index in [1.807, 2.05) is 12.1 Å². The Morgan fingerprint density at radius 1 is 1.12 bits per heavy atom. The lowest BCUT2D eigenvalue weighted by atomic mass is 10.2. The van der Waals surface area contributed by atoms with Crippen molar-refractivity contribution >= 4 is 67.9 Å². The molecule has 2 amide bonds. The fraction of sp³-hybridized carbons (Fsp3) is 0.0870. The SMILES string of the molecule is COc1ccc2c(Cl)c(C(=O)NC(=S)Nc3cccc(C(=O)NCc4ccco4)c3)sc2c1. The Bertz CT molecular complexity index is 1330. The third-order valence-corrected chi connectivity index (χ3v) is 6.52. The van der Waals surface area contributed by atoms with Crippen molar-refractivity contribution in [3.05, 3.63) is 82.1 Å². The summed E-state index contributed by atoms with van der Waals surface area (Å²) in [6, 6.07) is 15.7. The summed E-state index contributed by atoms with van der Waals surface area (Å²) in [7, 11) is 1.58. The second kappa shape index (κ2) is 10.0. The van der Waals surface area contributed by atoms with Crippen LogP contribution in [0.1, 0.15) is 25.8 Å². The van der Waals surface area contributed by atoms with Crippen molar-refractivity contribution < 1.29 is 18.7 Å². The van der Waals surface area contributed by atoms with Crippen LogP contribution in [0.25, 0.3) is 10.1 Å². The van der Waals surface area contributed by atoms with Gasteiger partial charge in [-0.05, 0) is 60.7 Å². The van der Waals surface area contributed by atoms with Crippen molar-refractivity contribution in [1.82, 2.24) is 10.6 Å². The molecule has 0 saturated carbocycles. The second-order valence-corrected chi connectivity index (χ2v) is 8.70. The highest BCUT2D eigenvalue weighted by atomic mass is 35.5. The number of ether oxygens (including phenoxy) is 1. The maximum Gasteiger partial charge on any atom is 0.269 e. The van der Waals surface area contributed by atoms with Crippen LogP contribution in [0.15, 0.2) is 65.3 Å². The van der Waals surface area contributed by atoms with Crippen LogP contribution >= 0.6 is 35.2 Å². The quantitative estimate of drug-likeness (QED) is 0.315. The van der Waals surface area contributed by atoms with Gasteiger partial charge < -0.3 is 19.8 Å². The predicted molar refractivity (Wildman–Crippen MR) is 133 cm³/mol. The van der Waals surface area contributed by atoms with Gasteiger partial charge in [-0.3, -0.25) is 14.9 Å². The van der Waals surface area contributed by atoms with Crippen LogP contribution in [0.2, 0.25) is 5.02 Å². The smallest absolute Gasteiger partial charge is 0.269 e. The minimum absolute atomic E-state index is 0.0826. The van der Waals surface area contributed by atoms with E-state index in [1.54, 1.807) is 55.8 Å². The first-order valence-corrected chi connectivity index (χ1v) is 11.3.